The molecule has 0 atom stereocenters. The lowest BCUT2D eigenvalue weighted by molar-refractivity contribution is 1.18. The number of nitrogens with zero attached hydrogens (tertiary/aromatic N) is 3. The molecule has 6 aromatic carbocycles. The Hall–Kier alpha value is -6.10. The standard InChI is InChI=1S/C45H29N3S/c1-2-13-33(14-3-1)41-28-42(35-15-10-26-46-29-35)48-45(47-41)34-23-22-32-21-20-30-11-4-6-16-36(30)38-18-8-9-19-43(38)49-44-37-17-7-5-12-31(37)24-25-39(44)40(32)27-34/h1-29H. The van der Waals surface area contributed by atoms with E-state index < -0.39 is 0 Å². The normalized spacial score (nSPS) is 11.9. The van der Waals surface area contributed by atoms with Crippen molar-refractivity contribution in [1.29, 1.82) is 0 Å². The van der Waals surface area contributed by atoms with E-state index in [9.17, 15) is 0 Å². The molecule has 8 aromatic rings. The quantitative estimate of drug-likeness (QED) is 0.192. The minimum Gasteiger partial charge on any atom is -0.264 e. The van der Waals surface area contributed by atoms with Gasteiger partial charge in [-0.05, 0) is 74.5 Å². The lowest BCUT2D eigenvalue weighted by Gasteiger charge is -2.17. The van der Waals surface area contributed by atoms with Crippen LogP contribution in [0.4, 0.5) is 0 Å². The molecule has 0 saturated carbocycles. The maximum absolute atomic E-state index is 5.15. The number of aromatic nitrogens is 3. The van der Waals surface area contributed by atoms with Gasteiger partial charge in [0.1, 0.15) is 0 Å². The van der Waals surface area contributed by atoms with Crippen molar-refractivity contribution in [3.05, 3.63) is 175 Å². The van der Waals surface area contributed by atoms with Crippen molar-refractivity contribution in [2.75, 3.05) is 0 Å². The zero-order chi connectivity index (χ0) is 32.6. The Balaban J connectivity index is 1.30. The molecule has 0 bridgehead atoms. The topological polar surface area (TPSA) is 38.7 Å². The van der Waals surface area contributed by atoms with Gasteiger partial charge in [0.15, 0.2) is 5.82 Å². The van der Waals surface area contributed by atoms with Crippen LogP contribution in [-0.4, -0.2) is 15.0 Å². The predicted molar refractivity (Wildman–Crippen MR) is 204 cm³/mol. The van der Waals surface area contributed by atoms with Gasteiger partial charge in [0.25, 0.3) is 0 Å². The lowest BCUT2D eigenvalue weighted by Crippen LogP contribution is -1.97. The highest BCUT2D eigenvalue weighted by atomic mass is 32.2. The van der Waals surface area contributed by atoms with E-state index in [1.165, 1.54) is 42.8 Å². The monoisotopic (exact) mass is 643 g/mol. The first-order chi connectivity index (χ1) is 24.3. The van der Waals surface area contributed by atoms with Gasteiger partial charge >= 0.3 is 0 Å². The summed E-state index contributed by atoms with van der Waals surface area (Å²) in [7, 11) is 0. The molecular weight excluding hydrogens is 615 g/mol. The average Bonchev–Trinajstić information content (AvgIpc) is 3.20. The molecule has 1 aliphatic rings. The first-order valence-corrected chi connectivity index (χ1v) is 17.2. The van der Waals surface area contributed by atoms with Gasteiger partial charge in [-0.3, -0.25) is 4.98 Å². The van der Waals surface area contributed by atoms with Crippen molar-refractivity contribution >= 4 is 34.7 Å². The van der Waals surface area contributed by atoms with Gasteiger partial charge in [0, 0.05) is 38.9 Å². The molecule has 3 heterocycles. The third-order valence-corrected chi connectivity index (χ3v) is 10.2. The molecule has 0 spiro atoms. The largest absolute Gasteiger partial charge is 0.264 e. The molecule has 2 aromatic heterocycles. The van der Waals surface area contributed by atoms with Crippen LogP contribution in [0.3, 0.4) is 0 Å². The minimum absolute atomic E-state index is 0.673. The molecular formula is C45H29N3S. The van der Waals surface area contributed by atoms with E-state index >= 15 is 0 Å². The van der Waals surface area contributed by atoms with Gasteiger partial charge in [0.2, 0.25) is 0 Å². The first kappa shape index (κ1) is 29.1. The van der Waals surface area contributed by atoms with Crippen molar-refractivity contribution in [3.63, 3.8) is 0 Å². The number of fused-ring (bicyclic) bond motifs is 8. The van der Waals surface area contributed by atoms with Crippen LogP contribution >= 0.6 is 11.8 Å². The van der Waals surface area contributed by atoms with Crippen LogP contribution in [0.2, 0.25) is 0 Å². The van der Waals surface area contributed by atoms with Crippen molar-refractivity contribution in [2.24, 2.45) is 0 Å². The molecule has 1 aliphatic heterocycles. The maximum Gasteiger partial charge on any atom is 0.160 e. The van der Waals surface area contributed by atoms with Crippen LogP contribution in [0.25, 0.3) is 79.1 Å². The summed E-state index contributed by atoms with van der Waals surface area (Å²) in [5, 5.41) is 2.45. The van der Waals surface area contributed by atoms with Gasteiger partial charge < -0.3 is 0 Å². The van der Waals surface area contributed by atoms with Gasteiger partial charge in [0.05, 0.1) is 11.4 Å². The van der Waals surface area contributed by atoms with Gasteiger partial charge in [-0.2, -0.15) is 0 Å². The van der Waals surface area contributed by atoms with Gasteiger partial charge in [-0.1, -0.05) is 145 Å². The van der Waals surface area contributed by atoms with Crippen molar-refractivity contribution in [1.82, 2.24) is 15.0 Å². The lowest BCUT2D eigenvalue weighted by atomic mass is 9.93. The fourth-order valence-corrected chi connectivity index (χ4v) is 7.83. The molecule has 0 radical (unpaired) electrons. The number of hydrogen-bond donors (Lipinski definition) is 0. The Morgan fingerprint density at radius 1 is 0.449 bits per heavy atom. The van der Waals surface area contributed by atoms with Crippen LogP contribution in [0.1, 0.15) is 11.1 Å². The zero-order valence-corrected chi connectivity index (χ0v) is 27.3. The SMILES string of the molecule is C1=Cc2ccc(-c3nc(-c4ccccc4)cc(-c4cccnc4)n3)cc2-c2ccc3ccccc3c2Sc2ccccc2-c2ccccc21. The third kappa shape index (κ3) is 5.52. The smallest absolute Gasteiger partial charge is 0.160 e. The second-order valence-corrected chi connectivity index (χ2v) is 13.1. The summed E-state index contributed by atoms with van der Waals surface area (Å²) >= 11 is 1.84. The summed E-state index contributed by atoms with van der Waals surface area (Å²) in [5.41, 5.74) is 11.7. The zero-order valence-electron chi connectivity index (χ0n) is 26.5. The fraction of sp³-hybridized carbons (Fsp3) is 0. The van der Waals surface area contributed by atoms with Crippen LogP contribution in [0.5, 0.6) is 0 Å². The van der Waals surface area contributed by atoms with Crippen LogP contribution < -0.4 is 0 Å². The van der Waals surface area contributed by atoms with E-state index in [4.69, 9.17) is 9.97 Å². The molecule has 0 unspecified atom stereocenters. The molecule has 230 valence electrons. The summed E-state index contributed by atoms with van der Waals surface area (Å²) in [4.78, 5) is 17.1. The molecule has 0 saturated heterocycles. The molecule has 49 heavy (non-hydrogen) atoms. The highest BCUT2D eigenvalue weighted by molar-refractivity contribution is 7.99. The van der Waals surface area contributed by atoms with E-state index in [0.717, 1.165) is 39.2 Å². The van der Waals surface area contributed by atoms with Crippen molar-refractivity contribution in [2.45, 2.75) is 9.79 Å². The second kappa shape index (κ2) is 12.5. The molecule has 0 fully saturated rings. The number of benzene rings is 6. The summed E-state index contributed by atoms with van der Waals surface area (Å²) in [5.74, 6) is 0.673. The Kier molecular flexibility index (Phi) is 7.41. The Morgan fingerprint density at radius 2 is 1.16 bits per heavy atom. The summed E-state index contributed by atoms with van der Waals surface area (Å²) in [6, 6.07) is 53.6. The number of pyridine rings is 1. The minimum atomic E-state index is 0.673. The second-order valence-electron chi connectivity index (χ2n) is 12.1. The number of hydrogen-bond acceptors (Lipinski definition) is 4. The van der Waals surface area contributed by atoms with E-state index in [0.29, 0.717) is 5.82 Å². The highest BCUT2D eigenvalue weighted by Crippen LogP contribution is 2.47. The van der Waals surface area contributed by atoms with Crippen LogP contribution in [-0.2, 0) is 0 Å². The highest BCUT2D eigenvalue weighted by Gasteiger charge is 2.19. The van der Waals surface area contributed by atoms with E-state index in [2.05, 4.69) is 138 Å². The first-order valence-electron chi connectivity index (χ1n) is 16.3. The van der Waals surface area contributed by atoms with E-state index in [1.807, 2.05) is 48.3 Å². The predicted octanol–water partition coefficient (Wildman–Crippen LogP) is 12.0. The molecule has 4 heteroatoms. The Morgan fingerprint density at radius 3 is 2.02 bits per heavy atom. The summed E-state index contributed by atoms with van der Waals surface area (Å²) in [6.45, 7) is 0. The van der Waals surface area contributed by atoms with Crippen LogP contribution in [0, 0.1) is 0 Å². The Bertz CT molecular complexity index is 2470. The van der Waals surface area contributed by atoms with E-state index in [1.54, 1.807) is 6.20 Å². The average molecular weight is 644 g/mol. The summed E-state index contributed by atoms with van der Waals surface area (Å²) < 4.78 is 0. The van der Waals surface area contributed by atoms with Crippen molar-refractivity contribution in [3.8, 4) is 56.2 Å². The van der Waals surface area contributed by atoms with E-state index in [-0.39, 0.29) is 0 Å². The Labute approximate surface area is 289 Å². The van der Waals surface area contributed by atoms with Crippen LogP contribution in [0.15, 0.2) is 174 Å². The molecule has 0 amide bonds. The molecule has 9 rings (SSSR count). The van der Waals surface area contributed by atoms with Crippen molar-refractivity contribution < 1.29 is 0 Å². The molecule has 3 nitrogen and oxygen atoms in total. The van der Waals surface area contributed by atoms with Gasteiger partial charge in [-0.25, -0.2) is 9.97 Å². The molecule has 0 aliphatic carbocycles. The number of rotatable bonds is 3. The summed E-state index contributed by atoms with van der Waals surface area (Å²) in [6.07, 6.45) is 8.14. The van der Waals surface area contributed by atoms with Gasteiger partial charge in [-0.15, -0.1) is 0 Å². The third-order valence-electron chi connectivity index (χ3n) is 9.03. The fourth-order valence-electron chi connectivity index (χ4n) is 6.59. The maximum atomic E-state index is 5.15. The molecule has 0 N–H and O–H groups in total.